The van der Waals surface area contributed by atoms with Gasteiger partial charge in [-0.05, 0) is 30.2 Å². The zero-order chi connectivity index (χ0) is 15.5. The van der Waals surface area contributed by atoms with Crippen LogP contribution in [0.5, 0.6) is 0 Å². The molecule has 1 fully saturated rings. The van der Waals surface area contributed by atoms with Crippen molar-refractivity contribution in [2.45, 2.75) is 18.6 Å². The SMILES string of the molecule is OCC[C@@H](c1cc(C(F)(F)F)ccc1Br)N1CCNCC1. The molecule has 1 aliphatic heterocycles. The Morgan fingerprint density at radius 2 is 1.95 bits per heavy atom. The maximum Gasteiger partial charge on any atom is 0.416 e. The van der Waals surface area contributed by atoms with Crippen LogP contribution in [0.25, 0.3) is 0 Å². The van der Waals surface area contributed by atoms with E-state index in [1.165, 1.54) is 12.1 Å². The van der Waals surface area contributed by atoms with Crippen LogP contribution >= 0.6 is 15.9 Å². The normalized spacial score (nSPS) is 18.7. The van der Waals surface area contributed by atoms with Crippen molar-refractivity contribution in [1.82, 2.24) is 10.2 Å². The van der Waals surface area contributed by atoms with Gasteiger partial charge in [0.2, 0.25) is 0 Å². The predicted molar refractivity (Wildman–Crippen MR) is 78.0 cm³/mol. The zero-order valence-electron chi connectivity index (χ0n) is 11.5. The largest absolute Gasteiger partial charge is 0.416 e. The van der Waals surface area contributed by atoms with Gasteiger partial charge in [0.15, 0.2) is 0 Å². The van der Waals surface area contributed by atoms with E-state index in [9.17, 15) is 18.3 Å². The van der Waals surface area contributed by atoms with Crippen LogP contribution < -0.4 is 5.32 Å². The lowest BCUT2D eigenvalue weighted by Gasteiger charge is -2.35. The van der Waals surface area contributed by atoms with Gasteiger partial charge in [-0.1, -0.05) is 15.9 Å². The number of hydrogen-bond donors (Lipinski definition) is 2. The van der Waals surface area contributed by atoms with Crippen molar-refractivity contribution in [2.24, 2.45) is 0 Å². The van der Waals surface area contributed by atoms with Crippen LogP contribution in [-0.4, -0.2) is 42.8 Å². The molecule has 0 saturated carbocycles. The first-order valence-corrected chi connectivity index (χ1v) is 7.65. The molecular formula is C14H18BrF3N2O. The van der Waals surface area contributed by atoms with E-state index in [1.54, 1.807) is 0 Å². The molecule has 1 saturated heterocycles. The van der Waals surface area contributed by atoms with Gasteiger partial charge in [0.1, 0.15) is 0 Å². The minimum Gasteiger partial charge on any atom is -0.396 e. The number of benzene rings is 1. The first kappa shape index (κ1) is 16.7. The summed E-state index contributed by atoms with van der Waals surface area (Å²) < 4.78 is 39.4. The Kier molecular flexibility index (Phi) is 5.65. The molecule has 0 bridgehead atoms. The van der Waals surface area contributed by atoms with E-state index in [1.807, 2.05) is 0 Å². The van der Waals surface area contributed by atoms with Gasteiger partial charge in [-0.25, -0.2) is 0 Å². The summed E-state index contributed by atoms with van der Waals surface area (Å²) in [7, 11) is 0. The maximum atomic E-state index is 12.9. The van der Waals surface area contributed by atoms with Crippen molar-refractivity contribution in [3.63, 3.8) is 0 Å². The van der Waals surface area contributed by atoms with Crippen LogP contribution in [0.1, 0.15) is 23.6 Å². The number of rotatable bonds is 4. The van der Waals surface area contributed by atoms with Crippen molar-refractivity contribution in [1.29, 1.82) is 0 Å². The number of aliphatic hydroxyl groups excluding tert-OH is 1. The van der Waals surface area contributed by atoms with Gasteiger partial charge in [-0.3, -0.25) is 4.90 Å². The van der Waals surface area contributed by atoms with Crippen LogP contribution in [0.2, 0.25) is 0 Å². The van der Waals surface area contributed by atoms with Crippen LogP contribution in [0, 0.1) is 0 Å². The Morgan fingerprint density at radius 3 is 2.52 bits per heavy atom. The average molecular weight is 367 g/mol. The van der Waals surface area contributed by atoms with Crippen LogP contribution in [0.3, 0.4) is 0 Å². The van der Waals surface area contributed by atoms with E-state index in [0.717, 1.165) is 32.2 Å². The number of alkyl halides is 3. The summed E-state index contributed by atoms with van der Waals surface area (Å²) in [5.41, 5.74) is -0.0699. The smallest absolute Gasteiger partial charge is 0.396 e. The molecule has 1 aromatic rings. The van der Waals surface area contributed by atoms with Gasteiger partial charge in [-0.15, -0.1) is 0 Å². The fourth-order valence-electron chi connectivity index (χ4n) is 2.63. The molecule has 0 aromatic heterocycles. The quantitative estimate of drug-likeness (QED) is 0.859. The van der Waals surface area contributed by atoms with Crippen LogP contribution in [0.4, 0.5) is 13.2 Å². The summed E-state index contributed by atoms with van der Waals surface area (Å²) in [4.78, 5) is 2.12. The number of hydrogen-bond acceptors (Lipinski definition) is 3. The monoisotopic (exact) mass is 366 g/mol. The highest BCUT2D eigenvalue weighted by atomic mass is 79.9. The lowest BCUT2D eigenvalue weighted by Crippen LogP contribution is -2.45. The average Bonchev–Trinajstić information content (AvgIpc) is 2.45. The van der Waals surface area contributed by atoms with Crippen molar-refractivity contribution in [2.75, 3.05) is 32.8 Å². The maximum absolute atomic E-state index is 12.9. The van der Waals surface area contributed by atoms with E-state index in [0.29, 0.717) is 16.5 Å². The summed E-state index contributed by atoms with van der Waals surface area (Å²) in [5.74, 6) is 0. The summed E-state index contributed by atoms with van der Waals surface area (Å²) in [6, 6.07) is 3.48. The van der Waals surface area contributed by atoms with Crippen LogP contribution in [-0.2, 0) is 6.18 Å². The highest BCUT2D eigenvalue weighted by Gasteiger charge is 2.32. The standard InChI is InChI=1S/C14H18BrF3N2O/c15-12-2-1-10(14(16,17)18)9-11(12)13(3-8-21)20-6-4-19-5-7-20/h1-2,9,13,19,21H,3-8H2/t13-/m0/s1. The molecule has 0 spiro atoms. The van der Waals surface area contributed by atoms with Gasteiger partial charge in [-0.2, -0.15) is 13.2 Å². The number of nitrogens with zero attached hydrogens (tertiary/aromatic N) is 1. The van der Waals surface area contributed by atoms with Gasteiger partial charge in [0.25, 0.3) is 0 Å². The number of nitrogens with one attached hydrogen (secondary N) is 1. The second kappa shape index (κ2) is 7.09. The number of aliphatic hydroxyl groups is 1. The second-order valence-corrected chi connectivity index (χ2v) is 5.90. The molecule has 3 nitrogen and oxygen atoms in total. The Hall–Kier alpha value is -0.630. The predicted octanol–water partition coefficient (Wildman–Crippen LogP) is 2.80. The Balaban J connectivity index is 2.34. The Bertz CT molecular complexity index is 476. The van der Waals surface area contributed by atoms with Gasteiger partial charge >= 0.3 is 6.18 Å². The van der Waals surface area contributed by atoms with E-state index in [4.69, 9.17) is 0 Å². The Labute approximate surface area is 130 Å². The Morgan fingerprint density at radius 1 is 1.29 bits per heavy atom. The molecule has 118 valence electrons. The van der Waals surface area contributed by atoms with Gasteiger partial charge < -0.3 is 10.4 Å². The van der Waals surface area contributed by atoms with E-state index >= 15 is 0 Å². The van der Waals surface area contributed by atoms with Crippen molar-refractivity contribution in [3.8, 4) is 0 Å². The van der Waals surface area contributed by atoms with E-state index < -0.39 is 11.7 Å². The molecule has 0 radical (unpaired) electrons. The molecule has 1 atom stereocenters. The summed E-state index contributed by atoms with van der Waals surface area (Å²) in [6.45, 7) is 3.06. The van der Waals surface area contributed by atoms with Crippen molar-refractivity contribution in [3.05, 3.63) is 33.8 Å². The third kappa shape index (κ3) is 4.18. The van der Waals surface area contributed by atoms with Crippen LogP contribution in [0.15, 0.2) is 22.7 Å². The highest BCUT2D eigenvalue weighted by Crippen LogP contribution is 2.36. The molecule has 7 heteroatoms. The molecule has 1 aliphatic rings. The molecule has 1 aromatic carbocycles. The van der Waals surface area contributed by atoms with Gasteiger partial charge in [0, 0.05) is 43.3 Å². The fraction of sp³-hybridized carbons (Fsp3) is 0.571. The summed E-state index contributed by atoms with van der Waals surface area (Å²) in [6.07, 6.45) is -3.94. The molecule has 0 amide bonds. The lowest BCUT2D eigenvalue weighted by atomic mass is 9.99. The van der Waals surface area contributed by atoms with E-state index in [2.05, 4.69) is 26.1 Å². The van der Waals surface area contributed by atoms with Gasteiger partial charge in [0.05, 0.1) is 5.56 Å². The molecule has 21 heavy (non-hydrogen) atoms. The molecular weight excluding hydrogens is 349 g/mol. The number of piperazine rings is 1. The molecule has 0 aliphatic carbocycles. The minimum absolute atomic E-state index is 0.0583. The molecule has 0 unspecified atom stereocenters. The third-order valence-electron chi connectivity index (χ3n) is 3.68. The third-order valence-corrected chi connectivity index (χ3v) is 4.40. The summed E-state index contributed by atoms with van der Waals surface area (Å²) in [5, 5.41) is 12.5. The summed E-state index contributed by atoms with van der Waals surface area (Å²) >= 11 is 3.34. The zero-order valence-corrected chi connectivity index (χ0v) is 13.0. The molecule has 2 rings (SSSR count). The number of halogens is 4. The van der Waals surface area contributed by atoms with E-state index in [-0.39, 0.29) is 12.6 Å². The minimum atomic E-state index is -4.36. The van der Waals surface area contributed by atoms with Crippen molar-refractivity contribution < 1.29 is 18.3 Å². The first-order chi connectivity index (χ1) is 9.93. The molecule has 1 heterocycles. The fourth-order valence-corrected chi connectivity index (χ4v) is 3.14. The topological polar surface area (TPSA) is 35.5 Å². The molecule has 2 N–H and O–H groups in total. The first-order valence-electron chi connectivity index (χ1n) is 6.85. The lowest BCUT2D eigenvalue weighted by molar-refractivity contribution is -0.137. The highest BCUT2D eigenvalue weighted by molar-refractivity contribution is 9.10. The second-order valence-electron chi connectivity index (χ2n) is 5.05. The van der Waals surface area contributed by atoms with Crippen molar-refractivity contribution >= 4 is 15.9 Å².